The first-order chi connectivity index (χ1) is 12.7. The van der Waals surface area contributed by atoms with E-state index in [0.717, 1.165) is 28.4 Å². The van der Waals surface area contributed by atoms with Crippen molar-refractivity contribution in [1.29, 1.82) is 0 Å². The summed E-state index contributed by atoms with van der Waals surface area (Å²) in [6, 6.07) is 11.3. The van der Waals surface area contributed by atoms with E-state index in [4.69, 9.17) is 28.9 Å². The molecule has 3 aromatic rings. The maximum absolute atomic E-state index is 11.0. The minimum atomic E-state index is -0.631. The molecule has 4 nitrogen and oxygen atoms in total. The van der Waals surface area contributed by atoms with Gasteiger partial charge in [-0.1, -0.05) is 23.2 Å². The van der Waals surface area contributed by atoms with Crippen LogP contribution in [0, 0.1) is 0 Å². The van der Waals surface area contributed by atoms with Gasteiger partial charge in [-0.2, -0.15) is 0 Å². The lowest BCUT2D eigenvalue weighted by molar-refractivity contribution is -0.0144. The first-order valence-electron chi connectivity index (χ1n) is 9.24. The highest BCUT2D eigenvalue weighted by molar-refractivity contribution is 6.33. The van der Waals surface area contributed by atoms with E-state index in [1.165, 1.54) is 0 Å². The molecular formula is C21H25Cl2N3O. The summed E-state index contributed by atoms with van der Waals surface area (Å²) >= 11 is 12.5. The zero-order valence-corrected chi connectivity index (χ0v) is 17.3. The van der Waals surface area contributed by atoms with E-state index in [9.17, 15) is 5.11 Å². The highest BCUT2D eigenvalue weighted by atomic mass is 35.5. The minimum absolute atomic E-state index is 0.0264. The molecule has 0 radical (unpaired) electrons. The molecule has 0 aliphatic carbocycles. The Hall–Kier alpha value is -1.30. The number of aliphatic hydroxyl groups excluding tert-OH is 1. The number of rotatable bonds is 1. The predicted octanol–water partition coefficient (Wildman–Crippen LogP) is 4.44. The monoisotopic (exact) mass is 405 g/mol. The van der Waals surface area contributed by atoms with Crippen LogP contribution in [0.3, 0.4) is 0 Å². The van der Waals surface area contributed by atoms with E-state index in [1.807, 2.05) is 36.4 Å². The molecule has 144 valence electrons. The van der Waals surface area contributed by atoms with Crippen LogP contribution in [-0.2, 0) is 0 Å². The number of fused-ring (bicyclic) bond motifs is 3. The summed E-state index contributed by atoms with van der Waals surface area (Å²) in [6.07, 6.45) is -0.631. The maximum Gasteiger partial charge on any atom is 0.0923 e. The van der Waals surface area contributed by atoms with Gasteiger partial charge in [0.15, 0.2) is 0 Å². The normalized spacial score (nSPS) is 24.8. The molecule has 0 unspecified atom stereocenters. The summed E-state index contributed by atoms with van der Waals surface area (Å²) in [5.41, 5.74) is 8.39. The van der Waals surface area contributed by atoms with Crippen LogP contribution in [0.4, 0.5) is 0 Å². The Morgan fingerprint density at radius 2 is 1.48 bits per heavy atom. The highest BCUT2D eigenvalue weighted by Crippen LogP contribution is 2.38. The Morgan fingerprint density at radius 3 is 1.96 bits per heavy atom. The van der Waals surface area contributed by atoms with Crippen molar-refractivity contribution in [1.82, 2.24) is 9.47 Å². The van der Waals surface area contributed by atoms with E-state index >= 15 is 0 Å². The molecule has 0 amide bonds. The lowest BCUT2D eigenvalue weighted by atomic mass is 9.92. The van der Waals surface area contributed by atoms with Gasteiger partial charge in [-0.05, 0) is 57.2 Å². The second-order valence-corrected chi connectivity index (χ2v) is 9.36. The number of halogens is 2. The lowest BCUT2D eigenvalue weighted by Crippen LogP contribution is -2.60. The van der Waals surface area contributed by atoms with Crippen LogP contribution in [0.2, 0.25) is 10.0 Å². The van der Waals surface area contributed by atoms with Crippen molar-refractivity contribution in [3.05, 3.63) is 46.4 Å². The maximum atomic E-state index is 11.0. The Bertz CT molecular complexity index is 949. The predicted molar refractivity (Wildman–Crippen MR) is 114 cm³/mol. The van der Waals surface area contributed by atoms with Crippen LogP contribution in [0.5, 0.6) is 0 Å². The molecule has 27 heavy (non-hydrogen) atoms. The van der Waals surface area contributed by atoms with Crippen LogP contribution in [0.15, 0.2) is 36.4 Å². The molecule has 1 saturated heterocycles. The van der Waals surface area contributed by atoms with E-state index < -0.39 is 6.10 Å². The first kappa shape index (κ1) is 19.0. The van der Waals surface area contributed by atoms with E-state index in [2.05, 4.69) is 30.2 Å². The molecule has 3 atom stereocenters. The highest BCUT2D eigenvalue weighted by Gasteiger charge is 2.39. The van der Waals surface area contributed by atoms with E-state index in [0.29, 0.717) is 16.6 Å². The molecule has 2 aromatic carbocycles. The van der Waals surface area contributed by atoms with Crippen molar-refractivity contribution in [2.45, 2.75) is 44.5 Å². The van der Waals surface area contributed by atoms with Crippen molar-refractivity contribution in [2.24, 2.45) is 5.73 Å². The van der Waals surface area contributed by atoms with Crippen LogP contribution in [-0.4, -0.2) is 45.3 Å². The molecule has 1 aromatic heterocycles. The van der Waals surface area contributed by atoms with Gasteiger partial charge in [0.2, 0.25) is 0 Å². The number of aliphatic hydroxyl groups is 1. The van der Waals surface area contributed by atoms with Crippen LogP contribution < -0.4 is 5.73 Å². The fourth-order valence-electron chi connectivity index (χ4n) is 4.19. The van der Waals surface area contributed by atoms with Gasteiger partial charge >= 0.3 is 0 Å². The zero-order chi connectivity index (χ0) is 19.5. The van der Waals surface area contributed by atoms with Crippen LogP contribution in [0.25, 0.3) is 21.8 Å². The van der Waals surface area contributed by atoms with Gasteiger partial charge in [0.1, 0.15) is 0 Å². The molecular weight excluding hydrogens is 381 g/mol. The largest absolute Gasteiger partial charge is 0.389 e. The first-order valence-corrected chi connectivity index (χ1v) is 10.00. The molecule has 3 N–H and O–H groups in total. The smallest absolute Gasteiger partial charge is 0.0923 e. The quantitative estimate of drug-likeness (QED) is 0.628. The number of nitrogens with zero attached hydrogens (tertiary/aromatic N) is 2. The van der Waals surface area contributed by atoms with Crippen LogP contribution >= 0.6 is 23.2 Å². The standard InChI is InChI=1S/C21H25Cl2N3O/c1-21(2,3)25-10-16(24)20(27)19(11-25)26-17-6-4-12(22)8-14(17)15-9-13(23)5-7-18(15)26/h4-9,16,19-20,27H,10-11,24H2,1-3H3/t16-,19+,20+/m1/s1. The second kappa shape index (κ2) is 6.64. The third-order valence-corrected chi connectivity index (χ3v) is 6.15. The summed E-state index contributed by atoms with van der Waals surface area (Å²) in [4.78, 5) is 2.35. The third-order valence-electron chi connectivity index (χ3n) is 5.68. The van der Waals surface area contributed by atoms with Crippen molar-refractivity contribution < 1.29 is 5.11 Å². The number of likely N-dealkylation sites (tertiary alicyclic amines) is 1. The summed E-state index contributed by atoms with van der Waals surface area (Å²) in [6.45, 7) is 7.94. The molecule has 0 bridgehead atoms. The van der Waals surface area contributed by atoms with Crippen molar-refractivity contribution in [2.75, 3.05) is 13.1 Å². The number of hydrogen-bond acceptors (Lipinski definition) is 3. The Kier molecular flexibility index (Phi) is 4.68. The van der Waals surface area contributed by atoms with Gasteiger partial charge in [0.05, 0.1) is 12.1 Å². The van der Waals surface area contributed by atoms with Gasteiger partial charge < -0.3 is 15.4 Å². The Balaban J connectivity index is 1.96. The third kappa shape index (κ3) is 3.24. The summed E-state index contributed by atoms with van der Waals surface area (Å²) < 4.78 is 2.21. The Morgan fingerprint density at radius 1 is 0.963 bits per heavy atom. The topological polar surface area (TPSA) is 54.4 Å². The fourth-order valence-corrected chi connectivity index (χ4v) is 4.54. The Labute approximate surface area is 169 Å². The van der Waals surface area contributed by atoms with Crippen LogP contribution in [0.1, 0.15) is 26.8 Å². The van der Waals surface area contributed by atoms with Crippen molar-refractivity contribution in [3.8, 4) is 0 Å². The molecule has 1 aliphatic rings. The number of nitrogens with two attached hydrogens (primary N) is 1. The molecule has 4 rings (SSSR count). The van der Waals surface area contributed by atoms with E-state index in [1.54, 1.807) is 0 Å². The summed E-state index contributed by atoms with van der Waals surface area (Å²) in [5, 5.41) is 14.4. The van der Waals surface area contributed by atoms with Crippen molar-refractivity contribution in [3.63, 3.8) is 0 Å². The minimum Gasteiger partial charge on any atom is -0.389 e. The number of benzene rings is 2. The number of hydrogen-bond donors (Lipinski definition) is 2. The van der Waals surface area contributed by atoms with Gasteiger partial charge in [-0.3, -0.25) is 4.90 Å². The summed E-state index contributed by atoms with van der Waals surface area (Å²) in [7, 11) is 0. The molecule has 1 fully saturated rings. The van der Waals surface area contributed by atoms with Gasteiger partial charge in [0.25, 0.3) is 0 Å². The number of piperidine rings is 1. The molecule has 0 saturated carbocycles. The summed E-state index contributed by atoms with van der Waals surface area (Å²) in [5.74, 6) is 0. The zero-order valence-electron chi connectivity index (χ0n) is 15.8. The molecule has 6 heteroatoms. The second-order valence-electron chi connectivity index (χ2n) is 8.49. The van der Waals surface area contributed by atoms with Gasteiger partial charge in [0, 0.05) is 56.5 Å². The lowest BCUT2D eigenvalue weighted by Gasteiger charge is -2.46. The average molecular weight is 406 g/mol. The molecule has 2 heterocycles. The van der Waals surface area contributed by atoms with Gasteiger partial charge in [-0.15, -0.1) is 0 Å². The average Bonchev–Trinajstić information content (AvgIpc) is 2.89. The molecule has 0 spiro atoms. The SMILES string of the molecule is CC(C)(C)N1C[C@@H](N)[C@H](O)[C@@H](n2c3ccc(Cl)cc3c3cc(Cl)ccc32)C1. The van der Waals surface area contributed by atoms with Gasteiger partial charge in [-0.25, -0.2) is 0 Å². The fraction of sp³-hybridized carbons (Fsp3) is 0.429. The molecule has 1 aliphatic heterocycles. The van der Waals surface area contributed by atoms with E-state index in [-0.39, 0.29) is 17.6 Å². The number of aromatic nitrogens is 1. The van der Waals surface area contributed by atoms with Crippen molar-refractivity contribution >= 4 is 45.0 Å².